The molecule has 7 heavy (non-hydrogen) atoms. The molecule has 2 heteroatoms. The number of rotatable bonds is 0. The number of hydrogen-bond donors (Lipinski definition) is 1. The second-order valence-corrected chi connectivity index (χ2v) is 1.81. The van der Waals surface area contributed by atoms with E-state index in [2.05, 4.69) is 5.32 Å². The average Bonchev–Trinajstić information content (AvgIpc) is 1.72. The summed E-state index contributed by atoms with van der Waals surface area (Å²) in [6.45, 7) is 2.50. The van der Waals surface area contributed by atoms with Gasteiger partial charge >= 0.3 is 23.1 Å². The fourth-order valence-corrected chi connectivity index (χ4v) is 0.802. The van der Waals surface area contributed by atoms with Crippen LogP contribution in [0.2, 0.25) is 0 Å². The SMILES string of the molecule is C1CCNCC1.[H-].[H-].[Mg+2]. The summed E-state index contributed by atoms with van der Waals surface area (Å²) in [5.74, 6) is 0. The summed E-state index contributed by atoms with van der Waals surface area (Å²) in [5, 5.41) is 3.28. The summed E-state index contributed by atoms with van der Waals surface area (Å²) in [5.41, 5.74) is 0. The van der Waals surface area contributed by atoms with Crippen molar-refractivity contribution in [3.63, 3.8) is 0 Å². The smallest absolute Gasteiger partial charge is 1.00 e. The molecule has 1 nitrogen and oxygen atoms in total. The van der Waals surface area contributed by atoms with Gasteiger partial charge in [-0.1, -0.05) is 6.42 Å². The van der Waals surface area contributed by atoms with Gasteiger partial charge in [0.25, 0.3) is 0 Å². The molecule has 1 aliphatic heterocycles. The van der Waals surface area contributed by atoms with E-state index in [1.54, 1.807) is 0 Å². The molecule has 1 fully saturated rings. The van der Waals surface area contributed by atoms with Crippen LogP contribution in [0.4, 0.5) is 0 Å². The maximum atomic E-state index is 3.28. The van der Waals surface area contributed by atoms with E-state index < -0.39 is 0 Å². The van der Waals surface area contributed by atoms with Gasteiger partial charge < -0.3 is 8.17 Å². The molecular weight excluding hydrogens is 98.4 g/mol. The number of nitrogens with one attached hydrogen (secondary N) is 1. The first kappa shape index (κ1) is 7.73. The Balaban J connectivity index is -0.000000120. The van der Waals surface area contributed by atoms with Crippen LogP contribution in [0.3, 0.4) is 0 Å². The van der Waals surface area contributed by atoms with Crippen LogP contribution in [0.5, 0.6) is 0 Å². The predicted octanol–water partition coefficient (Wildman–Crippen LogP) is 0.604. The quantitative estimate of drug-likeness (QED) is 0.452. The zero-order chi connectivity index (χ0) is 4.24. The Morgan fingerprint density at radius 3 is 1.71 bits per heavy atom. The number of hydrogen-bond acceptors (Lipinski definition) is 1. The third-order valence-corrected chi connectivity index (χ3v) is 1.21. The van der Waals surface area contributed by atoms with Crippen molar-refractivity contribution >= 4 is 23.1 Å². The summed E-state index contributed by atoms with van der Waals surface area (Å²) in [6, 6.07) is 0. The molecule has 0 atom stereocenters. The van der Waals surface area contributed by atoms with Crippen LogP contribution in [-0.4, -0.2) is 36.1 Å². The maximum Gasteiger partial charge on any atom is 2.00 e. The van der Waals surface area contributed by atoms with Crippen molar-refractivity contribution in [1.82, 2.24) is 5.32 Å². The Morgan fingerprint density at radius 1 is 1.00 bits per heavy atom. The summed E-state index contributed by atoms with van der Waals surface area (Å²) in [6.07, 6.45) is 4.22. The van der Waals surface area contributed by atoms with Gasteiger partial charge in [-0.2, -0.15) is 0 Å². The Kier molecular flexibility index (Phi) is 5.38. The molecule has 0 radical (unpaired) electrons. The molecule has 1 N–H and O–H groups in total. The molecule has 0 aromatic heterocycles. The van der Waals surface area contributed by atoms with E-state index in [-0.39, 0.29) is 25.9 Å². The van der Waals surface area contributed by atoms with Gasteiger partial charge in [0.05, 0.1) is 0 Å². The van der Waals surface area contributed by atoms with E-state index in [0.29, 0.717) is 0 Å². The van der Waals surface area contributed by atoms with Crippen molar-refractivity contribution in [3.05, 3.63) is 0 Å². The zero-order valence-electron chi connectivity index (χ0n) is 6.74. The molecule has 0 saturated carbocycles. The first-order valence-electron chi connectivity index (χ1n) is 2.71. The normalized spacial score (nSPS) is 20.6. The number of piperidine rings is 1. The van der Waals surface area contributed by atoms with Crippen molar-refractivity contribution in [2.75, 3.05) is 13.1 Å². The summed E-state index contributed by atoms with van der Waals surface area (Å²) in [4.78, 5) is 0. The van der Waals surface area contributed by atoms with Gasteiger partial charge in [-0.15, -0.1) is 0 Å². The molecule has 1 rings (SSSR count). The van der Waals surface area contributed by atoms with Gasteiger partial charge in [-0.3, -0.25) is 0 Å². The molecule has 1 heterocycles. The van der Waals surface area contributed by atoms with Crippen LogP contribution >= 0.6 is 0 Å². The summed E-state index contributed by atoms with van der Waals surface area (Å²) >= 11 is 0. The van der Waals surface area contributed by atoms with Crippen LogP contribution in [0.1, 0.15) is 22.1 Å². The van der Waals surface area contributed by atoms with Gasteiger partial charge in [-0.25, -0.2) is 0 Å². The third-order valence-electron chi connectivity index (χ3n) is 1.21. The molecule has 0 spiro atoms. The Hall–Kier alpha value is 0.726. The standard InChI is InChI=1S/C5H11N.Mg.2H/c1-2-4-6-5-3-1;;;/h6H,1-5H2;;;/q;+2;2*-1. The monoisotopic (exact) mass is 111 g/mol. The largest absolute Gasteiger partial charge is 2.00 e. The van der Waals surface area contributed by atoms with E-state index in [0.717, 1.165) is 0 Å². The predicted molar refractivity (Wildman–Crippen MR) is 34.7 cm³/mol. The van der Waals surface area contributed by atoms with Gasteiger partial charge in [0.15, 0.2) is 0 Å². The van der Waals surface area contributed by atoms with Crippen LogP contribution in [0, 0.1) is 0 Å². The molecule has 0 unspecified atom stereocenters. The van der Waals surface area contributed by atoms with E-state index in [4.69, 9.17) is 0 Å². The van der Waals surface area contributed by atoms with Crippen molar-refractivity contribution in [1.29, 1.82) is 0 Å². The summed E-state index contributed by atoms with van der Waals surface area (Å²) in [7, 11) is 0. The first-order valence-corrected chi connectivity index (χ1v) is 2.71. The maximum absolute atomic E-state index is 3.28. The van der Waals surface area contributed by atoms with Gasteiger partial charge in [0.2, 0.25) is 0 Å². The van der Waals surface area contributed by atoms with Gasteiger partial charge in [0, 0.05) is 0 Å². The van der Waals surface area contributed by atoms with Crippen LogP contribution in [0.15, 0.2) is 0 Å². The molecule has 1 aliphatic rings. The summed E-state index contributed by atoms with van der Waals surface area (Å²) < 4.78 is 0. The van der Waals surface area contributed by atoms with Crippen LogP contribution in [0.25, 0.3) is 0 Å². The Bertz CT molecular complexity index is 30.4. The van der Waals surface area contributed by atoms with Crippen molar-refractivity contribution in [3.8, 4) is 0 Å². The molecule has 0 aromatic carbocycles. The minimum Gasteiger partial charge on any atom is -1.00 e. The van der Waals surface area contributed by atoms with Crippen molar-refractivity contribution in [2.24, 2.45) is 0 Å². The molecular formula is C5H13MgN. The van der Waals surface area contributed by atoms with Crippen LogP contribution < -0.4 is 5.32 Å². The fourth-order valence-electron chi connectivity index (χ4n) is 0.802. The molecule has 0 aliphatic carbocycles. The van der Waals surface area contributed by atoms with E-state index in [1.165, 1.54) is 32.4 Å². The second-order valence-electron chi connectivity index (χ2n) is 1.81. The van der Waals surface area contributed by atoms with E-state index in [9.17, 15) is 0 Å². The fraction of sp³-hybridized carbons (Fsp3) is 1.00. The third kappa shape index (κ3) is 3.32. The minimum atomic E-state index is 0. The minimum absolute atomic E-state index is 0. The van der Waals surface area contributed by atoms with E-state index in [1.807, 2.05) is 0 Å². The second kappa shape index (κ2) is 4.87. The molecule has 0 aromatic rings. The van der Waals surface area contributed by atoms with Crippen molar-refractivity contribution in [2.45, 2.75) is 19.3 Å². The van der Waals surface area contributed by atoms with Gasteiger partial charge in [0.1, 0.15) is 0 Å². The van der Waals surface area contributed by atoms with Crippen molar-refractivity contribution < 1.29 is 2.85 Å². The Morgan fingerprint density at radius 2 is 1.57 bits per heavy atom. The first-order chi connectivity index (χ1) is 3.00. The molecule has 0 bridgehead atoms. The van der Waals surface area contributed by atoms with Crippen LogP contribution in [-0.2, 0) is 0 Å². The van der Waals surface area contributed by atoms with E-state index >= 15 is 0 Å². The zero-order valence-corrected chi connectivity index (χ0v) is 6.16. The van der Waals surface area contributed by atoms with Gasteiger partial charge in [-0.05, 0) is 25.9 Å². The Labute approximate surface area is 64.0 Å². The molecule has 0 amide bonds. The molecule has 40 valence electrons. The molecule has 1 saturated heterocycles. The topological polar surface area (TPSA) is 12.0 Å². The average molecular weight is 111 g/mol.